The monoisotopic (exact) mass is 494 g/mol. The van der Waals surface area contributed by atoms with E-state index in [1.54, 1.807) is 48.5 Å². The largest absolute Gasteiger partial charge is 0.497 e. The van der Waals surface area contributed by atoms with Gasteiger partial charge in [0.2, 0.25) is 17.7 Å². The molecule has 0 aliphatic heterocycles. The fourth-order valence-corrected chi connectivity index (χ4v) is 4.57. The van der Waals surface area contributed by atoms with Gasteiger partial charge in [-0.15, -0.1) is 0 Å². The second-order valence-corrected chi connectivity index (χ2v) is 10.3. The molecule has 8 heteroatoms. The number of anilines is 1. The highest BCUT2D eigenvalue weighted by molar-refractivity contribution is 5.94. The Labute approximate surface area is 213 Å². The summed E-state index contributed by atoms with van der Waals surface area (Å²) < 4.78 is 5.30. The first-order chi connectivity index (χ1) is 17.2. The molecule has 0 unspecified atom stereocenters. The number of methoxy groups -OCH3 is 1. The van der Waals surface area contributed by atoms with Crippen LogP contribution in [0.15, 0.2) is 48.7 Å². The first kappa shape index (κ1) is 27.2. The van der Waals surface area contributed by atoms with Crippen LogP contribution in [-0.4, -0.2) is 46.3 Å². The molecule has 2 aromatic rings. The molecular weight excluding hydrogens is 456 g/mol. The van der Waals surface area contributed by atoms with Crippen LogP contribution >= 0.6 is 0 Å². The molecule has 1 aliphatic rings. The first-order valence-corrected chi connectivity index (χ1v) is 12.7. The average molecular weight is 495 g/mol. The first-order valence-electron chi connectivity index (χ1n) is 12.7. The normalized spacial score (nSPS) is 15.0. The second-order valence-electron chi connectivity index (χ2n) is 10.3. The van der Waals surface area contributed by atoms with Gasteiger partial charge in [-0.25, -0.2) is 4.98 Å². The highest BCUT2D eigenvalue weighted by atomic mass is 16.5. The third-order valence-corrected chi connectivity index (χ3v) is 6.21. The molecule has 0 bridgehead atoms. The van der Waals surface area contributed by atoms with E-state index in [0.717, 1.165) is 37.7 Å². The summed E-state index contributed by atoms with van der Waals surface area (Å²) in [6.07, 6.45) is 6.41. The van der Waals surface area contributed by atoms with Gasteiger partial charge in [-0.05, 0) is 63.4 Å². The predicted octanol–water partition coefficient (Wildman–Crippen LogP) is 4.63. The van der Waals surface area contributed by atoms with Crippen molar-refractivity contribution in [2.24, 2.45) is 0 Å². The van der Waals surface area contributed by atoms with E-state index in [2.05, 4.69) is 15.6 Å². The van der Waals surface area contributed by atoms with E-state index in [4.69, 9.17) is 4.74 Å². The molecule has 1 atom stereocenters. The average Bonchev–Trinajstić information content (AvgIpc) is 2.86. The summed E-state index contributed by atoms with van der Waals surface area (Å²) in [5.74, 6) is 0.397. The van der Waals surface area contributed by atoms with E-state index >= 15 is 0 Å². The van der Waals surface area contributed by atoms with E-state index in [-0.39, 0.29) is 36.6 Å². The Balaban J connectivity index is 1.87. The quantitative estimate of drug-likeness (QED) is 0.530. The summed E-state index contributed by atoms with van der Waals surface area (Å²) in [5, 5.41) is 5.80. The summed E-state index contributed by atoms with van der Waals surface area (Å²) in [6, 6.07) is 11.7. The van der Waals surface area contributed by atoms with E-state index in [1.165, 1.54) is 0 Å². The molecule has 3 rings (SSSR count). The van der Waals surface area contributed by atoms with Gasteiger partial charge in [-0.1, -0.05) is 37.5 Å². The molecule has 0 radical (unpaired) electrons. The lowest BCUT2D eigenvalue weighted by Crippen LogP contribution is -2.52. The number of benzene rings is 1. The van der Waals surface area contributed by atoms with Gasteiger partial charge in [0.05, 0.1) is 7.11 Å². The molecule has 1 aliphatic carbocycles. The van der Waals surface area contributed by atoms with E-state index in [9.17, 15) is 14.4 Å². The Morgan fingerprint density at radius 2 is 1.72 bits per heavy atom. The van der Waals surface area contributed by atoms with Crippen LogP contribution in [-0.2, 0) is 14.4 Å². The smallest absolute Gasteiger partial charge is 0.247 e. The van der Waals surface area contributed by atoms with Crippen LogP contribution in [0.1, 0.15) is 77.3 Å². The topological polar surface area (TPSA) is 101 Å². The van der Waals surface area contributed by atoms with Gasteiger partial charge >= 0.3 is 0 Å². The maximum atomic E-state index is 13.7. The van der Waals surface area contributed by atoms with Crippen molar-refractivity contribution in [1.82, 2.24) is 15.2 Å². The fraction of sp³-hybridized carbons (Fsp3) is 0.500. The third kappa shape index (κ3) is 7.80. The molecule has 1 heterocycles. The van der Waals surface area contributed by atoms with Crippen LogP contribution in [0.2, 0.25) is 0 Å². The molecule has 1 fully saturated rings. The minimum Gasteiger partial charge on any atom is -0.497 e. The van der Waals surface area contributed by atoms with Gasteiger partial charge in [0, 0.05) is 30.6 Å². The van der Waals surface area contributed by atoms with Crippen molar-refractivity contribution < 1.29 is 19.1 Å². The second kappa shape index (κ2) is 12.5. The van der Waals surface area contributed by atoms with Gasteiger partial charge in [0.1, 0.15) is 17.6 Å². The number of nitrogens with zero attached hydrogens (tertiary/aromatic N) is 2. The minimum absolute atomic E-state index is 0.00458. The fourth-order valence-electron chi connectivity index (χ4n) is 4.57. The maximum absolute atomic E-state index is 13.7. The van der Waals surface area contributed by atoms with Gasteiger partial charge in [0.25, 0.3) is 0 Å². The highest BCUT2D eigenvalue weighted by Gasteiger charge is 2.37. The summed E-state index contributed by atoms with van der Waals surface area (Å²) >= 11 is 0. The van der Waals surface area contributed by atoms with Gasteiger partial charge < -0.3 is 20.3 Å². The molecule has 0 spiro atoms. The molecule has 36 heavy (non-hydrogen) atoms. The maximum Gasteiger partial charge on any atom is 0.247 e. The Hall–Kier alpha value is -3.42. The zero-order valence-corrected chi connectivity index (χ0v) is 21.8. The molecular formula is C28H38N4O4. The lowest BCUT2D eigenvalue weighted by atomic mass is 9.90. The molecule has 8 nitrogen and oxygen atoms in total. The molecule has 1 saturated carbocycles. The molecule has 1 aromatic carbocycles. The number of ether oxygens (including phenoxy) is 1. The minimum atomic E-state index is -0.801. The number of nitrogens with one attached hydrogen (secondary N) is 2. The number of carbonyl (C=O) groups excluding carboxylic acids is 3. The van der Waals surface area contributed by atoms with E-state index < -0.39 is 11.6 Å². The summed E-state index contributed by atoms with van der Waals surface area (Å²) in [7, 11) is 1.59. The Kier molecular flexibility index (Phi) is 9.44. The van der Waals surface area contributed by atoms with Gasteiger partial charge in [0.15, 0.2) is 0 Å². The van der Waals surface area contributed by atoms with Crippen LogP contribution in [0.4, 0.5) is 5.82 Å². The van der Waals surface area contributed by atoms with Crippen molar-refractivity contribution in [3.05, 3.63) is 54.2 Å². The van der Waals surface area contributed by atoms with Crippen molar-refractivity contribution in [1.29, 1.82) is 0 Å². The number of aromatic nitrogens is 1. The predicted molar refractivity (Wildman–Crippen MR) is 139 cm³/mol. The number of carbonyl (C=O) groups is 3. The molecule has 1 aromatic heterocycles. The summed E-state index contributed by atoms with van der Waals surface area (Å²) in [4.78, 5) is 45.8. The molecule has 194 valence electrons. The van der Waals surface area contributed by atoms with Crippen LogP contribution < -0.4 is 15.4 Å². The summed E-state index contributed by atoms with van der Waals surface area (Å²) in [5.41, 5.74) is 0.250. The number of rotatable bonds is 9. The van der Waals surface area contributed by atoms with Crippen LogP contribution in [0.5, 0.6) is 5.75 Å². The van der Waals surface area contributed by atoms with E-state index in [1.807, 2.05) is 32.9 Å². The van der Waals surface area contributed by atoms with Crippen molar-refractivity contribution in [3.63, 3.8) is 0 Å². The van der Waals surface area contributed by atoms with Gasteiger partial charge in [-0.3, -0.25) is 14.4 Å². The summed E-state index contributed by atoms with van der Waals surface area (Å²) in [6.45, 7) is 5.76. The van der Waals surface area contributed by atoms with Crippen molar-refractivity contribution >= 4 is 23.5 Å². The van der Waals surface area contributed by atoms with Crippen LogP contribution in [0, 0.1) is 0 Å². The Morgan fingerprint density at radius 3 is 2.31 bits per heavy atom. The van der Waals surface area contributed by atoms with Gasteiger partial charge in [-0.2, -0.15) is 0 Å². The molecule has 2 N–H and O–H groups in total. The molecule has 3 amide bonds. The number of pyridine rings is 1. The number of hydrogen-bond donors (Lipinski definition) is 2. The molecule has 0 saturated heterocycles. The number of amides is 3. The van der Waals surface area contributed by atoms with Crippen molar-refractivity contribution in [3.8, 4) is 5.75 Å². The Bertz CT molecular complexity index is 1010. The lowest BCUT2D eigenvalue weighted by Gasteiger charge is -2.40. The third-order valence-electron chi connectivity index (χ3n) is 6.21. The standard InChI is InChI=1S/C28H38N4O4/c1-28(2,3)31-27(35)26(20-13-15-22(36-4)16-14-20)32(21-10-6-5-7-11-21)25(34)18-17-24(33)30-23-12-8-9-19-29-23/h8-9,12-16,19,21,26H,5-7,10-11,17-18H2,1-4H3,(H,31,35)(H,29,30,33)/t26-/m0/s1. The Morgan fingerprint density at radius 1 is 1.03 bits per heavy atom. The zero-order chi connectivity index (χ0) is 26.1. The SMILES string of the molecule is COc1ccc([C@@H](C(=O)NC(C)(C)C)N(C(=O)CCC(=O)Nc2ccccn2)C2CCCCC2)cc1. The lowest BCUT2D eigenvalue weighted by molar-refractivity contribution is -0.145. The zero-order valence-electron chi connectivity index (χ0n) is 21.8. The van der Waals surface area contributed by atoms with Crippen LogP contribution in [0.25, 0.3) is 0 Å². The van der Waals surface area contributed by atoms with E-state index in [0.29, 0.717) is 11.6 Å². The van der Waals surface area contributed by atoms with Crippen molar-refractivity contribution in [2.75, 3.05) is 12.4 Å². The van der Waals surface area contributed by atoms with Crippen molar-refractivity contribution in [2.45, 2.75) is 83.3 Å². The highest BCUT2D eigenvalue weighted by Crippen LogP contribution is 2.33. The van der Waals surface area contributed by atoms with Crippen LogP contribution in [0.3, 0.4) is 0 Å². The number of hydrogen-bond acceptors (Lipinski definition) is 5.